The number of halogens is 1. The Balaban J connectivity index is 2.31. The van der Waals surface area contributed by atoms with Gasteiger partial charge in [-0.3, -0.25) is 4.79 Å². The molecule has 6 nitrogen and oxygen atoms in total. The summed E-state index contributed by atoms with van der Waals surface area (Å²) in [5.41, 5.74) is -0.250. The molecule has 1 aliphatic rings. The van der Waals surface area contributed by atoms with Gasteiger partial charge in [0.1, 0.15) is 17.0 Å². The van der Waals surface area contributed by atoms with Crippen molar-refractivity contribution in [3.05, 3.63) is 33.1 Å². The summed E-state index contributed by atoms with van der Waals surface area (Å²) in [5.74, 6) is 0.0649. The largest absolute Gasteiger partial charge is 0.462 e. The van der Waals surface area contributed by atoms with E-state index in [0.29, 0.717) is 21.9 Å². The highest BCUT2D eigenvalue weighted by Crippen LogP contribution is 2.31. The topological polar surface area (TPSA) is 64.4 Å². The maximum atomic E-state index is 12.9. The van der Waals surface area contributed by atoms with Crippen LogP contribution < -0.4 is 10.3 Å². The predicted molar refractivity (Wildman–Crippen MR) is 103 cm³/mol. The summed E-state index contributed by atoms with van der Waals surface area (Å²) < 4.78 is 6.90. The quantitative estimate of drug-likeness (QED) is 0.765. The SMILES string of the molecule is CCOC(=O)c1cn(C(C)(C)C)c2nc(N3CCCC3)c(Cl)cc2c1=O. The van der Waals surface area contributed by atoms with Crippen molar-refractivity contribution in [1.29, 1.82) is 0 Å². The molecule has 7 heteroatoms. The Morgan fingerprint density at radius 3 is 2.54 bits per heavy atom. The zero-order chi connectivity index (χ0) is 19.1. The number of esters is 1. The highest BCUT2D eigenvalue weighted by atomic mass is 35.5. The first kappa shape index (κ1) is 18.7. The normalized spacial score (nSPS) is 14.9. The molecule has 0 N–H and O–H groups in total. The third-order valence-corrected chi connectivity index (χ3v) is 4.81. The van der Waals surface area contributed by atoms with E-state index in [1.807, 2.05) is 25.3 Å². The Morgan fingerprint density at radius 2 is 1.96 bits per heavy atom. The second-order valence-corrected chi connectivity index (χ2v) is 7.90. The lowest BCUT2D eigenvalue weighted by molar-refractivity contribution is 0.0524. The monoisotopic (exact) mass is 377 g/mol. The number of aromatic nitrogens is 2. The van der Waals surface area contributed by atoms with Crippen LogP contribution in [0.2, 0.25) is 5.02 Å². The summed E-state index contributed by atoms with van der Waals surface area (Å²) in [6, 6.07) is 1.63. The minimum atomic E-state index is -0.628. The second kappa shape index (κ2) is 6.91. The second-order valence-electron chi connectivity index (χ2n) is 7.49. The average Bonchev–Trinajstić information content (AvgIpc) is 3.08. The average molecular weight is 378 g/mol. The smallest absolute Gasteiger partial charge is 0.343 e. The number of hydrogen-bond donors (Lipinski definition) is 0. The lowest BCUT2D eigenvalue weighted by atomic mass is 10.1. The molecule has 140 valence electrons. The van der Waals surface area contributed by atoms with Crippen molar-refractivity contribution in [2.75, 3.05) is 24.6 Å². The van der Waals surface area contributed by atoms with Gasteiger partial charge in [0.25, 0.3) is 0 Å². The first-order chi connectivity index (χ1) is 12.2. The molecule has 2 aromatic rings. The number of fused-ring (bicyclic) bond motifs is 1. The van der Waals surface area contributed by atoms with Gasteiger partial charge in [-0.05, 0) is 46.6 Å². The summed E-state index contributed by atoms with van der Waals surface area (Å²) in [5, 5.41) is 0.761. The molecule has 0 atom stereocenters. The Labute approximate surface area is 157 Å². The van der Waals surface area contributed by atoms with Gasteiger partial charge in [0.2, 0.25) is 5.43 Å². The van der Waals surface area contributed by atoms with Gasteiger partial charge in [0.15, 0.2) is 0 Å². The van der Waals surface area contributed by atoms with Gasteiger partial charge < -0.3 is 14.2 Å². The van der Waals surface area contributed by atoms with Crippen molar-refractivity contribution in [1.82, 2.24) is 9.55 Å². The zero-order valence-corrected chi connectivity index (χ0v) is 16.4. The number of rotatable bonds is 3. The van der Waals surface area contributed by atoms with E-state index in [2.05, 4.69) is 4.90 Å². The first-order valence-electron chi connectivity index (χ1n) is 8.92. The van der Waals surface area contributed by atoms with E-state index < -0.39 is 11.4 Å². The lowest BCUT2D eigenvalue weighted by Crippen LogP contribution is -2.29. The zero-order valence-electron chi connectivity index (χ0n) is 15.6. The third-order valence-electron chi connectivity index (χ3n) is 4.54. The summed E-state index contributed by atoms with van der Waals surface area (Å²) in [6.07, 6.45) is 3.76. The summed E-state index contributed by atoms with van der Waals surface area (Å²) in [6.45, 7) is 9.71. The van der Waals surface area contributed by atoms with Gasteiger partial charge in [-0.1, -0.05) is 11.6 Å². The Morgan fingerprint density at radius 1 is 1.31 bits per heavy atom. The van der Waals surface area contributed by atoms with Crippen molar-refractivity contribution in [2.24, 2.45) is 0 Å². The van der Waals surface area contributed by atoms with E-state index in [0.717, 1.165) is 25.9 Å². The van der Waals surface area contributed by atoms with Crippen molar-refractivity contribution >= 4 is 34.4 Å². The van der Waals surface area contributed by atoms with Crippen LogP contribution in [-0.2, 0) is 10.3 Å². The van der Waals surface area contributed by atoms with Crippen LogP contribution in [0.25, 0.3) is 11.0 Å². The van der Waals surface area contributed by atoms with E-state index in [9.17, 15) is 9.59 Å². The van der Waals surface area contributed by atoms with Gasteiger partial charge in [-0.2, -0.15) is 0 Å². The predicted octanol–water partition coefficient (Wildman–Crippen LogP) is 3.58. The minimum Gasteiger partial charge on any atom is -0.462 e. The third kappa shape index (κ3) is 3.30. The molecule has 26 heavy (non-hydrogen) atoms. The molecule has 0 spiro atoms. The Bertz CT molecular complexity index is 909. The molecule has 0 saturated carbocycles. The van der Waals surface area contributed by atoms with Crippen LogP contribution in [0.5, 0.6) is 0 Å². The number of carbonyl (C=O) groups is 1. The summed E-state index contributed by atoms with van der Waals surface area (Å²) >= 11 is 6.45. The molecule has 0 radical (unpaired) electrons. The molecule has 0 aromatic carbocycles. The molecule has 0 aliphatic carbocycles. The van der Waals surface area contributed by atoms with Crippen molar-refractivity contribution in [3.8, 4) is 0 Å². The molecule has 3 heterocycles. The van der Waals surface area contributed by atoms with Crippen LogP contribution in [0.4, 0.5) is 5.82 Å². The Kier molecular flexibility index (Phi) is 4.97. The van der Waals surface area contributed by atoms with E-state index in [-0.39, 0.29) is 17.7 Å². The minimum absolute atomic E-state index is 0.000985. The number of hydrogen-bond acceptors (Lipinski definition) is 5. The van der Waals surface area contributed by atoms with Crippen LogP contribution in [0.3, 0.4) is 0 Å². The molecule has 2 aromatic heterocycles. The van der Waals surface area contributed by atoms with Gasteiger partial charge in [0, 0.05) is 24.8 Å². The van der Waals surface area contributed by atoms with Crippen LogP contribution in [0, 0.1) is 0 Å². The molecule has 1 aliphatic heterocycles. The van der Waals surface area contributed by atoms with Crippen molar-refractivity contribution in [3.63, 3.8) is 0 Å². The van der Waals surface area contributed by atoms with E-state index in [1.54, 1.807) is 19.2 Å². The van der Waals surface area contributed by atoms with Gasteiger partial charge in [-0.25, -0.2) is 9.78 Å². The number of carbonyl (C=O) groups excluding carboxylic acids is 1. The fourth-order valence-corrected chi connectivity index (χ4v) is 3.50. The van der Waals surface area contributed by atoms with Crippen molar-refractivity contribution < 1.29 is 9.53 Å². The Hall–Kier alpha value is -2.08. The van der Waals surface area contributed by atoms with E-state index in [4.69, 9.17) is 21.3 Å². The summed E-state index contributed by atoms with van der Waals surface area (Å²) in [4.78, 5) is 32.0. The van der Waals surface area contributed by atoms with Gasteiger partial charge in [-0.15, -0.1) is 0 Å². The molecule has 0 unspecified atom stereocenters. The maximum Gasteiger partial charge on any atom is 0.343 e. The maximum absolute atomic E-state index is 12.9. The molecule has 0 bridgehead atoms. The molecule has 0 amide bonds. The molecule has 1 fully saturated rings. The van der Waals surface area contributed by atoms with Crippen LogP contribution in [0.1, 0.15) is 50.9 Å². The fourth-order valence-electron chi connectivity index (χ4n) is 3.23. The molecule has 1 saturated heterocycles. The lowest BCUT2D eigenvalue weighted by Gasteiger charge is -2.27. The number of anilines is 1. The van der Waals surface area contributed by atoms with Gasteiger partial charge >= 0.3 is 5.97 Å². The highest BCUT2D eigenvalue weighted by Gasteiger charge is 2.25. The van der Waals surface area contributed by atoms with E-state index >= 15 is 0 Å². The van der Waals surface area contributed by atoms with E-state index in [1.165, 1.54) is 0 Å². The first-order valence-corrected chi connectivity index (χ1v) is 9.30. The number of ether oxygens (including phenoxy) is 1. The summed E-state index contributed by atoms with van der Waals surface area (Å²) in [7, 11) is 0. The van der Waals surface area contributed by atoms with Crippen LogP contribution >= 0.6 is 11.6 Å². The number of pyridine rings is 2. The van der Waals surface area contributed by atoms with Crippen LogP contribution in [0.15, 0.2) is 17.1 Å². The molecular weight excluding hydrogens is 354 g/mol. The standard InChI is InChI=1S/C19H24ClN3O3/c1-5-26-18(25)13-11-23(19(2,3)4)16-12(15(13)24)10-14(20)17(21-16)22-8-6-7-9-22/h10-11H,5-9H2,1-4H3. The molecular formula is C19H24ClN3O3. The van der Waals surface area contributed by atoms with Gasteiger partial charge in [0.05, 0.1) is 17.0 Å². The van der Waals surface area contributed by atoms with Crippen molar-refractivity contribution in [2.45, 2.75) is 46.1 Å². The molecule has 3 rings (SSSR count). The number of nitrogens with zero attached hydrogens (tertiary/aromatic N) is 3. The highest BCUT2D eigenvalue weighted by molar-refractivity contribution is 6.33. The van der Waals surface area contributed by atoms with Crippen LogP contribution in [-0.4, -0.2) is 35.2 Å². The fraction of sp³-hybridized carbons (Fsp3) is 0.526.